The largest absolute Gasteiger partial charge is 0.494 e. The number of hydrogen-bond acceptors (Lipinski definition) is 8. The molecule has 0 bridgehead atoms. The number of benzene rings is 1. The fourth-order valence-corrected chi connectivity index (χ4v) is 5.57. The average Bonchev–Trinajstić information content (AvgIpc) is 3.33. The Labute approximate surface area is 188 Å². The molecule has 0 aliphatic carbocycles. The van der Waals surface area contributed by atoms with Crippen LogP contribution in [-0.2, 0) is 4.74 Å². The van der Waals surface area contributed by atoms with Gasteiger partial charge >= 0.3 is 0 Å². The minimum absolute atomic E-state index is 0.0829. The molecule has 4 rings (SSSR count). The molecular formula is C20H23ClN4O3S2. The number of carbonyl (C=O) groups excluding carboxylic acids is 1. The van der Waals surface area contributed by atoms with Gasteiger partial charge in [-0.15, -0.1) is 11.3 Å². The average molecular weight is 467 g/mol. The molecule has 0 saturated carbocycles. The van der Waals surface area contributed by atoms with Gasteiger partial charge < -0.3 is 9.47 Å². The molecule has 0 unspecified atom stereocenters. The number of morpholine rings is 1. The fourth-order valence-electron chi connectivity index (χ4n) is 3.42. The fraction of sp³-hybridized carbons (Fsp3) is 0.450. The van der Waals surface area contributed by atoms with Crippen LogP contribution in [0.25, 0.3) is 10.2 Å². The van der Waals surface area contributed by atoms with E-state index in [2.05, 4.69) is 9.88 Å². The molecule has 1 aromatic carbocycles. The highest BCUT2D eigenvalue weighted by Crippen LogP contribution is 2.39. The maximum absolute atomic E-state index is 13.5. The molecule has 1 aliphatic rings. The van der Waals surface area contributed by atoms with Crippen molar-refractivity contribution in [3.05, 3.63) is 32.7 Å². The molecule has 3 aromatic rings. The van der Waals surface area contributed by atoms with Gasteiger partial charge in [-0.1, -0.05) is 22.9 Å². The third-order valence-electron chi connectivity index (χ3n) is 4.98. The van der Waals surface area contributed by atoms with Crippen LogP contribution in [-0.4, -0.2) is 67.3 Å². The number of fused-ring (bicyclic) bond motifs is 1. The molecular weight excluding hydrogens is 444 g/mol. The van der Waals surface area contributed by atoms with Gasteiger partial charge in [-0.3, -0.25) is 14.6 Å². The summed E-state index contributed by atoms with van der Waals surface area (Å²) in [5, 5.41) is 2.08. The monoisotopic (exact) mass is 466 g/mol. The van der Waals surface area contributed by atoms with Gasteiger partial charge in [0.1, 0.15) is 16.1 Å². The predicted molar refractivity (Wildman–Crippen MR) is 122 cm³/mol. The van der Waals surface area contributed by atoms with Crippen LogP contribution in [0.4, 0.5) is 5.13 Å². The number of halogens is 1. The Morgan fingerprint density at radius 2 is 2.03 bits per heavy atom. The zero-order valence-electron chi connectivity index (χ0n) is 17.1. The first kappa shape index (κ1) is 21.5. The molecule has 1 aliphatic heterocycles. The Kier molecular flexibility index (Phi) is 6.54. The van der Waals surface area contributed by atoms with Gasteiger partial charge in [0.15, 0.2) is 5.13 Å². The molecule has 2 aromatic heterocycles. The van der Waals surface area contributed by atoms with E-state index in [1.807, 2.05) is 13.8 Å². The molecule has 10 heteroatoms. The lowest BCUT2D eigenvalue weighted by atomic mass is 10.3. The Hall–Kier alpha value is -1.78. The molecule has 1 saturated heterocycles. The zero-order valence-corrected chi connectivity index (χ0v) is 19.5. The van der Waals surface area contributed by atoms with Crippen LogP contribution in [0.3, 0.4) is 0 Å². The van der Waals surface area contributed by atoms with E-state index in [1.54, 1.807) is 24.1 Å². The molecule has 1 fully saturated rings. The SMILES string of the molecule is COc1ccc(Cl)c2sc(N(CCN3CCOCC3)C(=O)c3sc(C)nc3C)nc12. The van der Waals surface area contributed by atoms with Crippen molar-refractivity contribution < 1.29 is 14.3 Å². The van der Waals surface area contributed by atoms with Crippen LogP contribution < -0.4 is 9.64 Å². The number of rotatable bonds is 6. The van der Waals surface area contributed by atoms with Crippen molar-refractivity contribution in [1.82, 2.24) is 14.9 Å². The van der Waals surface area contributed by atoms with Gasteiger partial charge in [-0.05, 0) is 26.0 Å². The van der Waals surface area contributed by atoms with Gasteiger partial charge in [0, 0.05) is 26.2 Å². The van der Waals surface area contributed by atoms with E-state index < -0.39 is 0 Å². The third kappa shape index (κ3) is 4.31. The number of methoxy groups -OCH3 is 1. The zero-order chi connectivity index (χ0) is 21.3. The molecule has 1 amide bonds. The lowest BCUT2D eigenvalue weighted by molar-refractivity contribution is 0.0391. The highest BCUT2D eigenvalue weighted by Gasteiger charge is 2.27. The predicted octanol–water partition coefficient (Wildman–Crippen LogP) is 4.01. The number of ether oxygens (including phenoxy) is 2. The number of thiazole rings is 2. The van der Waals surface area contributed by atoms with E-state index in [1.165, 1.54) is 22.7 Å². The van der Waals surface area contributed by atoms with Crippen molar-refractivity contribution in [3.63, 3.8) is 0 Å². The number of anilines is 1. The number of aromatic nitrogens is 2. The Balaban J connectivity index is 1.70. The van der Waals surface area contributed by atoms with E-state index in [9.17, 15) is 4.79 Å². The molecule has 160 valence electrons. The minimum Gasteiger partial charge on any atom is -0.494 e. The molecule has 0 radical (unpaired) electrons. The van der Waals surface area contributed by atoms with E-state index in [0.29, 0.717) is 32.8 Å². The normalized spacial score (nSPS) is 14.9. The lowest BCUT2D eigenvalue weighted by Gasteiger charge is -2.29. The number of amides is 1. The highest BCUT2D eigenvalue weighted by atomic mass is 35.5. The first-order valence-corrected chi connectivity index (χ1v) is 11.7. The summed E-state index contributed by atoms with van der Waals surface area (Å²) in [4.78, 5) is 27.4. The second-order valence-corrected chi connectivity index (χ2v) is 9.57. The van der Waals surface area contributed by atoms with E-state index in [0.717, 1.165) is 48.2 Å². The molecule has 0 atom stereocenters. The number of hydrogen-bond donors (Lipinski definition) is 0. The van der Waals surface area contributed by atoms with Gasteiger partial charge in [0.05, 0.1) is 40.7 Å². The maximum Gasteiger partial charge on any atom is 0.272 e. The van der Waals surface area contributed by atoms with Crippen LogP contribution in [0.1, 0.15) is 20.4 Å². The summed E-state index contributed by atoms with van der Waals surface area (Å²) >= 11 is 9.23. The van der Waals surface area contributed by atoms with Gasteiger partial charge in [0.2, 0.25) is 0 Å². The van der Waals surface area contributed by atoms with Gasteiger partial charge in [0.25, 0.3) is 5.91 Å². The maximum atomic E-state index is 13.5. The van der Waals surface area contributed by atoms with Crippen molar-refractivity contribution >= 4 is 55.5 Å². The van der Waals surface area contributed by atoms with Crippen molar-refractivity contribution in [2.24, 2.45) is 0 Å². The number of aryl methyl sites for hydroxylation is 2. The quantitative estimate of drug-likeness (QED) is 0.546. The van der Waals surface area contributed by atoms with Crippen molar-refractivity contribution in [3.8, 4) is 5.75 Å². The Bertz CT molecular complexity index is 1060. The molecule has 0 spiro atoms. The molecule has 7 nitrogen and oxygen atoms in total. The first-order chi connectivity index (χ1) is 14.5. The second-order valence-electron chi connectivity index (χ2n) is 6.98. The number of nitrogens with zero attached hydrogens (tertiary/aromatic N) is 4. The van der Waals surface area contributed by atoms with E-state index in [-0.39, 0.29) is 5.91 Å². The second kappa shape index (κ2) is 9.15. The van der Waals surface area contributed by atoms with Crippen LogP contribution in [0.15, 0.2) is 12.1 Å². The Morgan fingerprint density at radius 1 is 1.27 bits per heavy atom. The van der Waals surface area contributed by atoms with E-state index in [4.69, 9.17) is 26.1 Å². The van der Waals surface area contributed by atoms with Gasteiger partial charge in [-0.25, -0.2) is 9.97 Å². The third-order valence-corrected chi connectivity index (χ3v) is 7.58. The molecule has 0 N–H and O–H groups in total. The highest BCUT2D eigenvalue weighted by molar-refractivity contribution is 7.23. The van der Waals surface area contributed by atoms with Crippen LogP contribution in [0.2, 0.25) is 5.02 Å². The van der Waals surface area contributed by atoms with Crippen molar-refractivity contribution in [2.75, 3.05) is 51.4 Å². The first-order valence-electron chi connectivity index (χ1n) is 9.67. The van der Waals surface area contributed by atoms with E-state index >= 15 is 0 Å². The van der Waals surface area contributed by atoms with Crippen molar-refractivity contribution in [2.45, 2.75) is 13.8 Å². The molecule has 30 heavy (non-hydrogen) atoms. The topological polar surface area (TPSA) is 67.8 Å². The molecule has 3 heterocycles. The van der Waals surface area contributed by atoms with Crippen LogP contribution in [0, 0.1) is 13.8 Å². The smallest absolute Gasteiger partial charge is 0.272 e. The lowest BCUT2D eigenvalue weighted by Crippen LogP contribution is -2.43. The van der Waals surface area contributed by atoms with Crippen LogP contribution in [0.5, 0.6) is 5.75 Å². The number of carbonyl (C=O) groups is 1. The minimum atomic E-state index is -0.0829. The Morgan fingerprint density at radius 3 is 2.70 bits per heavy atom. The summed E-state index contributed by atoms with van der Waals surface area (Å²) in [5.41, 5.74) is 1.42. The summed E-state index contributed by atoms with van der Waals surface area (Å²) in [6.45, 7) is 8.20. The van der Waals surface area contributed by atoms with Crippen molar-refractivity contribution in [1.29, 1.82) is 0 Å². The summed E-state index contributed by atoms with van der Waals surface area (Å²) in [5.74, 6) is 0.558. The van der Waals surface area contributed by atoms with Gasteiger partial charge in [-0.2, -0.15) is 0 Å². The van der Waals surface area contributed by atoms with Crippen LogP contribution >= 0.6 is 34.3 Å². The summed E-state index contributed by atoms with van der Waals surface area (Å²) in [6, 6.07) is 3.59. The summed E-state index contributed by atoms with van der Waals surface area (Å²) < 4.78 is 11.7. The standard InChI is InChI=1S/C20H23ClN4O3S2/c1-12-17(29-13(2)22-12)19(26)25(7-6-24-8-10-28-11-9-24)20-23-16-15(27-3)5-4-14(21)18(16)30-20/h4-5H,6-11H2,1-3H3. The summed E-state index contributed by atoms with van der Waals surface area (Å²) in [7, 11) is 1.60. The summed E-state index contributed by atoms with van der Waals surface area (Å²) in [6.07, 6.45) is 0.